The molecule has 0 aliphatic heterocycles. The van der Waals surface area contributed by atoms with E-state index < -0.39 is 17.8 Å². The summed E-state index contributed by atoms with van der Waals surface area (Å²) in [7, 11) is 0. The summed E-state index contributed by atoms with van der Waals surface area (Å²) in [6, 6.07) is 0. The highest BCUT2D eigenvalue weighted by molar-refractivity contribution is 5.79. The van der Waals surface area contributed by atoms with Gasteiger partial charge in [-0.05, 0) is 0 Å². The third kappa shape index (κ3) is 6.00. The topological polar surface area (TPSA) is 81.7 Å². The maximum Gasteiger partial charge on any atom is 0.329 e. The molecule has 0 aliphatic carbocycles. The summed E-state index contributed by atoms with van der Waals surface area (Å²) in [6.45, 7) is 6.07. The number of amides is 1. The fourth-order valence-corrected chi connectivity index (χ4v) is 0.867. The first kappa shape index (κ1) is 14.4. The van der Waals surface area contributed by atoms with E-state index in [1.54, 1.807) is 13.8 Å². The Kier molecular flexibility index (Phi) is 6.14. The smallest absolute Gasteiger partial charge is 0.329 e. The van der Waals surface area contributed by atoms with Gasteiger partial charge in [0.2, 0.25) is 0 Å². The number of esters is 1. The molecule has 92 valence electrons. The SMILES string of the molecule is CC(=O)OC[C@@H](C)[C@@H](C)C(=O)NOC(C)=O. The van der Waals surface area contributed by atoms with Crippen molar-refractivity contribution < 1.29 is 24.0 Å². The third-order valence-corrected chi connectivity index (χ3v) is 2.11. The Labute approximate surface area is 94.2 Å². The lowest BCUT2D eigenvalue weighted by Gasteiger charge is -2.18. The van der Waals surface area contributed by atoms with Crippen LogP contribution in [0.5, 0.6) is 0 Å². The number of hydroxylamine groups is 1. The second kappa shape index (κ2) is 6.81. The van der Waals surface area contributed by atoms with E-state index in [1.807, 2.05) is 5.48 Å². The highest BCUT2D eigenvalue weighted by atomic mass is 16.7. The molecular formula is C10H17NO5. The molecule has 0 aliphatic rings. The third-order valence-electron chi connectivity index (χ3n) is 2.11. The molecule has 2 atom stereocenters. The molecule has 0 fully saturated rings. The van der Waals surface area contributed by atoms with E-state index in [-0.39, 0.29) is 18.5 Å². The Morgan fingerprint density at radius 1 is 1.12 bits per heavy atom. The van der Waals surface area contributed by atoms with Gasteiger partial charge in [-0.1, -0.05) is 13.8 Å². The highest BCUT2D eigenvalue weighted by Gasteiger charge is 2.21. The van der Waals surface area contributed by atoms with Gasteiger partial charge in [0.05, 0.1) is 6.61 Å². The van der Waals surface area contributed by atoms with E-state index in [4.69, 9.17) is 4.74 Å². The number of rotatable bonds is 4. The van der Waals surface area contributed by atoms with Gasteiger partial charge in [0.15, 0.2) is 0 Å². The van der Waals surface area contributed by atoms with Gasteiger partial charge in [-0.3, -0.25) is 14.4 Å². The number of hydrogen-bond donors (Lipinski definition) is 1. The highest BCUT2D eigenvalue weighted by Crippen LogP contribution is 2.11. The quantitative estimate of drug-likeness (QED) is 0.560. The Bertz CT molecular complexity index is 276. The summed E-state index contributed by atoms with van der Waals surface area (Å²) < 4.78 is 4.77. The largest absolute Gasteiger partial charge is 0.466 e. The van der Waals surface area contributed by atoms with Crippen molar-refractivity contribution >= 4 is 17.8 Å². The second-order valence-corrected chi connectivity index (χ2v) is 3.63. The van der Waals surface area contributed by atoms with Crippen molar-refractivity contribution in [1.29, 1.82) is 0 Å². The van der Waals surface area contributed by atoms with Crippen molar-refractivity contribution in [2.24, 2.45) is 11.8 Å². The van der Waals surface area contributed by atoms with Crippen LogP contribution in [0.1, 0.15) is 27.7 Å². The summed E-state index contributed by atoms with van der Waals surface area (Å²) >= 11 is 0. The molecule has 16 heavy (non-hydrogen) atoms. The minimum absolute atomic E-state index is 0.153. The van der Waals surface area contributed by atoms with Gasteiger partial charge in [-0.25, -0.2) is 0 Å². The van der Waals surface area contributed by atoms with Crippen LogP contribution in [0.25, 0.3) is 0 Å². The van der Waals surface area contributed by atoms with Crippen molar-refractivity contribution in [1.82, 2.24) is 5.48 Å². The fourth-order valence-electron chi connectivity index (χ4n) is 0.867. The van der Waals surface area contributed by atoms with Gasteiger partial charge in [0, 0.05) is 25.7 Å². The molecule has 0 radical (unpaired) electrons. The molecule has 0 aromatic carbocycles. The van der Waals surface area contributed by atoms with Crippen LogP contribution in [0.15, 0.2) is 0 Å². The second-order valence-electron chi connectivity index (χ2n) is 3.63. The van der Waals surface area contributed by atoms with Crippen molar-refractivity contribution in [3.63, 3.8) is 0 Å². The van der Waals surface area contributed by atoms with Gasteiger partial charge in [-0.15, -0.1) is 0 Å². The minimum Gasteiger partial charge on any atom is -0.466 e. The Balaban J connectivity index is 4.00. The molecule has 1 N–H and O–H groups in total. The van der Waals surface area contributed by atoms with E-state index in [0.717, 1.165) is 0 Å². The molecule has 0 aromatic rings. The van der Waals surface area contributed by atoms with E-state index >= 15 is 0 Å². The van der Waals surface area contributed by atoms with Gasteiger partial charge >= 0.3 is 11.9 Å². The van der Waals surface area contributed by atoms with Gasteiger partial charge < -0.3 is 9.57 Å². The van der Waals surface area contributed by atoms with Crippen LogP contribution in [0.2, 0.25) is 0 Å². The minimum atomic E-state index is -0.590. The first-order valence-corrected chi connectivity index (χ1v) is 4.95. The number of carbonyl (C=O) groups excluding carboxylic acids is 3. The average molecular weight is 231 g/mol. The zero-order valence-electron chi connectivity index (χ0n) is 9.90. The van der Waals surface area contributed by atoms with Gasteiger partial charge in [0.25, 0.3) is 5.91 Å². The lowest BCUT2D eigenvalue weighted by Crippen LogP contribution is -2.35. The van der Waals surface area contributed by atoms with Gasteiger partial charge in [-0.2, -0.15) is 5.48 Å². The molecule has 0 unspecified atom stereocenters. The molecule has 0 saturated heterocycles. The average Bonchev–Trinajstić information content (AvgIpc) is 2.21. The zero-order valence-corrected chi connectivity index (χ0v) is 9.90. The van der Waals surface area contributed by atoms with Gasteiger partial charge in [0.1, 0.15) is 0 Å². The molecule has 0 spiro atoms. The molecule has 0 rings (SSSR count). The predicted octanol–water partition coefficient (Wildman–Crippen LogP) is 0.416. The molecule has 1 amide bonds. The maximum absolute atomic E-state index is 11.4. The number of ether oxygens (including phenoxy) is 1. The molecule has 0 saturated carbocycles. The van der Waals surface area contributed by atoms with E-state index in [1.165, 1.54) is 13.8 Å². The zero-order chi connectivity index (χ0) is 12.7. The molecule has 0 heterocycles. The standard InChI is InChI=1S/C10H17NO5/c1-6(5-15-8(3)12)7(2)10(14)11-16-9(4)13/h6-7H,5H2,1-4H3,(H,11,14)/t6-,7-/m1/s1. The monoisotopic (exact) mass is 231 g/mol. The molecule has 6 nitrogen and oxygen atoms in total. The summed E-state index contributed by atoms with van der Waals surface area (Å²) in [5.41, 5.74) is 2.02. The van der Waals surface area contributed by atoms with Crippen LogP contribution >= 0.6 is 0 Å². The predicted molar refractivity (Wildman–Crippen MR) is 54.9 cm³/mol. The normalized spacial score (nSPS) is 13.5. The van der Waals surface area contributed by atoms with Crippen LogP contribution in [0.3, 0.4) is 0 Å². The number of nitrogens with one attached hydrogen (secondary N) is 1. The molecule has 6 heteroatoms. The van der Waals surface area contributed by atoms with E-state index in [2.05, 4.69) is 4.84 Å². The first-order valence-electron chi connectivity index (χ1n) is 4.95. The summed E-state index contributed by atoms with van der Waals surface area (Å²) in [5.74, 6) is -1.97. The Morgan fingerprint density at radius 3 is 2.12 bits per heavy atom. The Morgan fingerprint density at radius 2 is 1.69 bits per heavy atom. The lowest BCUT2D eigenvalue weighted by atomic mass is 9.96. The summed E-state index contributed by atoms with van der Waals surface area (Å²) in [6.07, 6.45) is 0. The van der Waals surface area contributed by atoms with Crippen molar-refractivity contribution in [2.45, 2.75) is 27.7 Å². The number of hydrogen-bond acceptors (Lipinski definition) is 5. The maximum atomic E-state index is 11.4. The van der Waals surface area contributed by atoms with Crippen LogP contribution in [0, 0.1) is 11.8 Å². The lowest BCUT2D eigenvalue weighted by molar-refractivity contribution is -0.158. The van der Waals surface area contributed by atoms with Crippen molar-refractivity contribution in [3.8, 4) is 0 Å². The van der Waals surface area contributed by atoms with Crippen LogP contribution in [0.4, 0.5) is 0 Å². The van der Waals surface area contributed by atoms with Crippen molar-refractivity contribution in [3.05, 3.63) is 0 Å². The summed E-state index contributed by atoms with van der Waals surface area (Å²) in [5, 5.41) is 0. The fraction of sp³-hybridized carbons (Fsp3) is 0.700. The Hall–Kier alpha value is -1.59. The molecule has 0 bridgehead atoms. The molecular weight excluding hydrogens is 214 g/mol. The first-order chi connectivity index (χ1) is 7.34. The molecule has 0 aromatic heterocycles. The van der Waals surface area contributed by atoms with Crippen LogP contribution < -0.4 is 5.48 Å². The van der Waals surface area contributed by atoms with Crippen molar-refractivity contribution in [2.75, 3.05) is 6.61 Å². The van der Waals surface area contributed by atoms with E-state index in [9.17, 15) is 14.4 Å². The van der Waals surface area contributed by atoms with E-state index in [0.29, 0.717) is 0 Å². The van der Waals surface area contributed by atoms with Crippen LogP contribution in [-0.2, 0) is 24.0 Å². The number of carbonyl (C=O) groups is 3. The van der Waals surface area contributed by atoms with Crippen LogP contribution in [-0.4, -0.2) is 24.5 Å². The summed E-state index contributed by atoms with van der Waals surface area (Å²) in [4.78, 5) is 36.8.